The first kappa shape index (κ1) is 8.67. The first-order valence-electron chi connectivity index (χ1n) is 4.27. The second-order valence-electron chi connectivity index (χ2n) is 3.47. The van der Waals surface area contributed by atoms with Crippen molar-refractivity contribution >= 4 is 11.3 Å². The molecule has 0 aliphatic heterocycles. The van der Waals surface area contributed by atoms with Gasteiger partial charge in [0.2, 0.25) is 0 Å². The number of nitrogens with zero attached hydrogens (tertiary/aromatic N) is 3. The van der Waals surface area contributed by atoms with E-state index in [2.05, 4.69) is 16.0 Å². The molecule has 2 rings (SSSR count). The molecule has 0 N–H and O–H groups in total. The summed E-state index contributed by atoms with van der Waals surface area (Å²) in [7, 11) is 2.01. The summed E-state index contributed by atoms with van der Waals surface area (Å²) in [5, 5.41) is 8.95. The largest absolute Gasteiger partial charge is 0.283 e. The fraction of sp³-hybridized carbons (Fsp3) is 0.556. The minimum atomic E-state index is -0.163. The van der Waals surface area contributed by atoms with Gasteiger partial charge >= 0.3 is 0 Å². The van der Waals surface area contributed by atoms with Crippen LogP contribution in [0.15, 0.2) is 11.7 Å². The second-order valence-corrected chi connectivity index (χ2v) is 4.44. The predicted molar refractivity (Wildman–Crippen MR) is 51.2 cm³/mol. The van der Waals surface area contributed by atoms with Gasteiger partial charge in [0.25, 0.3) is 0 Å². The lowest BCUT2D eigenvalue weighted by molar-refractivity contribution is 0.264. The molecule has 1 saturated carbocycles. The lowest BCUT2D eigenvalue weighted by Crippen LogP contribution is -2.31. The van der Waals surface area contributed by atoms with E-state index >= 15 is 0 Å². The summed E-state index contributed by atoms with van der Waals surface area (Å²) in [4.78, 5) is 7.36. The van der Waals surface area contributed by atoms with Crippen LogP contribution in [0, 0.1) is 11.3 Å². The van der Waals surface area contributed by atoms with Crippen LogP contribution in [0.25, 0.3) is 0 Å². The van der Waals surface area contributed by atoms with E-state index in [4.69, 9.17) is 5.26 Å². The van der Waals surface area contributed by atoms with Gasteiger partial charge in [-0.3, -0.25) is 9.88 Å². The molecule has 68 valence electrons. The Morgan fingerprint density at radius 2 is 2.54 bits per heavy atom. The highest BCUT2D eigenvalue weighted by molar-refractivity contribution is 7.09. The molecular weight excluding hydrogens is 182 g/mol. The van der Waals surface area contributed by atoms with Crippen molar-refractivity contribution in [2.75, 3.05) is 7.05 Å². The van der Waals surface area contributed by atoms with Crippen LogP contribution >= 0.6 is 11.3 Å². The van der Waals surface area contributed by atoms with Crippen LogP contribution in [-0.2, 0) is 6.54 Å². The van der Waals surface area contributed by atoms with E-state index in [1.165, 1.54) is 4.88 Å². The summed E-state index contributed by atoms with van der Waals surface area (Å²) in [5.41, 5.74) is 1.67. The number of aromatic nitrogens is 1. The van der Waals surface area contributed by atoms with Gasteiger partial charge in [0.05, 0.1) is 11.6 Å². The van der Waals surface area contributed by atoms with E-state index in [-0.39, 0.29) is 5.54 Å². The van der Waals surface area contributed by atoms with E-state index in [0.717, 1.165) is 19.4 Å². The van der Waals surface area contributed by atoms with Gasteiger partial charge in [-0.15, -0.1) is 11.3 Å². The van der Waals surface area contributed by atoms with Crippen molar-refractivity contribution in [3.63, 3.8) is 0 Å². The third-order valence-corrected chi connectivity index (χ3v) is 3.30. The van der Waals surface area contributed by atoms with Crippen molar-refractivity contribution in [2.45, 2.75) is 24.9 Å². The molecule has 1 aliphatic rings. The monoisotopic (exact) mass is 193 g/mol. The molecule has 4 heteroatoms. The first-order valence-corrected chi connectivity index (χ1v) is 5.15. The molecule has 1 fully saturated rings. The molecule has 0 atom stereocenters. The summed E-state index contributed by atoms with van der Waals surface area (Å²) < 4.78 is 0. The third-order valence-electron chi connectivity index (χ3n) is 2.54. The number of thiazole rings is 1. The highest BCUT2D eigenvalue weighted by Crippen LogP contribution is 2.40. The zero-order chi connectivity index (χ0) is 9.31. The molecule has 1 aromatic heterocycles. The van der Waals surface area contributed by atoms with Gasteiger partial charge in [0.15, 0.2) is 0 Å². The van der Waals surface area contributed by atoms with Crippen LogP contribution in [0.5, 0.6) is 0 Å². The maximum atomic E-state index is 8.95. The SMILES string of the molecule is CN(Cc1cncs1)C1(C#N)CC1. The Morgan fingerprint density at radius 1 is 1.77 bits per heavy atom. The van der Waals surface area contributed by atoms with Gasteiger partial charge in [-0.1, -0.05) is 0 Å². The lowest BCUT2D eigenvalue weighted by Gasteiger charge is -2.20. The van der Waals surface area contributed by atoms with Gasteiger partial charge in [-0.25, -0.2) is 0 Å². The Hall–Kier alpha value is -0.920. The van der Waals surface area contributed by atoms with Crippen LogP contribution in [0.2, 0.25) is 0 Å². The van der Waals surface area contributed by atoms with Crippen LogP contribution in [0.3, 0.4) is 0 Å². The molecule has 0 radical (unpaired) electrons. The van der Waals surface area contributed by atoms with E-state index in [1.807, 2.05) is 18.8 Å². The highest BCUT2D eigenvalue weighted by atomic mass is 32.1. The fourth-order valence-corrected chi connectivity index (χ4v) is 2.05. The van der Waals surface area contributed by atoms with Crippen molar-refractivity contribution in [1.82, 2.24) is 9.88 Å². The molecule has 0 unspecified atom stereocenters. The van der Waals surface area contributed by atoms with Gasteiger partial charge in [-0.05, 0) is 19.9 Å². The molecule has 0 saturated heterocycles. The summed E-state index contributed by atoms with van der Waals surface area (Å²) in [6.07, 6.45) is 3.90. The molecule has 0 aromatic carbocycles. The van der Waals surface area contributed by atoms with Gasteiger partial charge in [-0.2, -0.15) is 5.26 Å². The van der Waals surface area contributed by atoms with E-state index in [0.29, 0.717) is 0 Å². The molecule has 1 aliphatic carbocycles. The molecular formula is C9H11N3S. The van der Waals surface area contributed by atoms with Crippen LogP contribution in [-0.4, -0.2) is 22.5 Å². The standard InChI is InChI=1S/C9H11N3S/c1-12(9(6-10)2-3-9)5-8-4-11-7-13-8/h4,7H,2-3,5H2,1H3. The quantitative estimate of drug-likeness (QED) is 0.732. The fourth-order valence-electron chi connectivity index (χ4n) is 1.40. The number of nitriles is 1. The number of rotatable bonds is 3. The smallest absolute Gasteiger partial charge is 0.109 e. The average Bonchev–Trinajstić information content (AvgIpc) is 2.79. The molecule has 3 nitrogen and oxygen atoms in total. The van der Waals surface area contributed by atoms with Crippen molar-refractivity contribution in [2.24, 2.45) is 0 Å². The van der Waals surface area contributed by atoms with Gasteiger partial charge in [0, 0.05) is 17.6 Å². The Balaban J connectivity index is 2.00. The maximum absolute atomic E-state index is 8.95. The van der Waals surface area contributed by atoms with E-state index in [1.54, 1.807) is 11.3 Å². The van der Waals surface area contributed by atoms with Gasteiger partial charge in [0.1, 0.15) is 5.54 Å². The molecule has 0 spiro atoms. The summed E-state index contributed by atoms with van der Waals surface area (Å²) in [6, 6.07) is 2.37. The van der Waals surface area contributed by atoms with E-state index < -0.39 is 0 Å². The summed E-state index contributed by atoms with van der Waals surface area (Å²) in [6.45, 7) is 0.845. The van der Waals surface area contributed by atoms with Crippen molar-refractivity contribution in [1.29, 1.82) is 5.26 Å². The maximum Gasteiger partial charge on any atom is 0.109 e. The van der Waals surface area contributed by atoms with Crippen LogP contribution in [0.4, 0.5) is 0 Å². The Kier molecular flexibility index (Phi) is 2.06. The minimum absolute atomic E-state index is 0.163. The third kappa shape index (κ3) is 1.58. The minimum Gasteiger partial charge on any atom is -0.283 e. The van der Waals surface area contributed by atoms with Crippen molar-refractivity contribution in [3.05, 3.63) is 16.6 Å². The normalized spacial score (nSPS) is 18.5. The molecule has 1 aromatic rings. The zero-order valence-electron chi connectivity index (χ0n) is 7.53. The Morgan fingerprint density at radius 3 is 3.00 bits per heavy atom. The van der Waals surface area contributed by atoms with E-state index in [9.17, 15) is 0 Å². The molecule has 1 heterocycles. The molecule has 0 bridgehead atoms. The summed E-state index contributed by atoms with van der Waals surface area (Å²) >= 11 is 1.64. The zero-order valence-corrected chi connectivity index (χ0v) is 8.34. The average molecular weight is 193 g/mol. The highest BCUT2D eigenvalue weighted by Gasteiger charge is 2.46. The van der Waals surface area contributed by atoms with Gasteiger partial charge < -0.3 is 0 Å². The second kappa shape index (κ2) is 3.09. The Labute approximate surface area is 81.6 Å². The first-order chi connectivity index (χ1) is 6.27. The van der Waals surface area contributed by atoms with Crippen LogP contribution < -0.4 is 0 Å². The number of hydrogen-bond acceptors (Lipinski definition) is 4. The van der Waals surface area contributed by atoms with Crippen molar-refractivity contribution in [3.8, 4) is 6.07 Å². The predicted octanol–water partition coefficient (Wildman–Crippen LogP) is 1.63. The topological polar surface area (TPSA) is 39.9 Å². The Bertz CT molecular complexity index is 321. The van der Waals surface area contributed by atoms with Crippen LogP contribution in [0.1, 0.15) is 17.7 Å². The lowest BCUT2D eigenvalue weighted by atomic mass is 10.2. The molecule has 13 heavy (non-hydrogen) atoms. The number of hydrogen-bond donors (Lipinski definition) is 0. The summed E-state index contributed by atoms with van der Waals surface area (Å²) in [5.74, 6) is 0. The van der Waals surface area contributed by atoms with Crippen molar-refractivity contribution < 1.29 is 0 Å². The molecule has 0 amide bonds.